The first-order valence-corrected chi connectivity index (χ1v) is 5.98. The fraction of sp³-hybridized carbons (Fsp3) is 0.500. The number of anilines is 1. The molecule has 2 atom stereocenters. The van der Waals surface area contributed by atoms with Gasteiger partial charge in [-0.2, -0.15) is 0 Å². The quantitative estimate of drug-likeness (QED) is 0.875. The number of benzene rings is 1. The third-order valence-corrected chi connectivity index (χ3v) is 3.33. The second-order valence-electron chi connectivity index (χ2n) is 4.09. The summed E-state index contributed by atoms with van der Waals surface area (Å²) in [6, 6.07) is 7.83. The molecule has 90 valence electrons. The Morgan fingerprint density at radius 3 is 2.75 bits per heavy atom. The Labute approximate surface area is 105 Å². The Balaban J connectivity index is 2.84. The maximum Gasteiger partial charge on any atom is 0.0834 e. The highest BCUT2D eigenvalue weighted by atomic mass is 79.9. The standard InChI is InChI=1S/C12H18BrNO2/c1-9(16-3)12(2,8-15)14-11-6-4-5-10(13)7-11/h4-7,9,14-15H,8H2,1-3H3. The topological polar surface area (TPSA) is 41.5 Å². The fourth-order valence-electron chi connectivity index (χ4n) is 1.43. The summed E-state index contributed by atoms with van der Waals surface area (Å²) in [6.07, 6.45) is -0.0866. The highest BCUT2D eigenvalue weighted by Crippen LogP contribution is 2.22. The van der Waals surface area contributed by atoms with Gasteiger partial charge in [0.25, 0.3) is 0 Å². The molecule has 3 nitrogen and oxygen atoms in total. The Morgan fingerprint density at radius 1 is 1.56 bits per heavy atom. The van der Waals surface area contributed by atoms with E-state index in [-0.39, 0.29) is 12.7 Å². The van der Waals surface area contributed by atoms with Crippen LogP contribution in [0.4, 0.5) is 5.69 Å². The number of rotatable bonds is 5. The summed E-state index contributed by atoms with van der Waals surface area (Å²) >= 11 is 3.41. The van der Waals surface area contributed by atoms with E-state index < -0.39 is 5.54 Å². The second kappa shape index (κ2) is 5.66. The van der Waals surface area contributed by atoms with Gasteiger partial charge in [0.05, 0.1) is 18.2 Å². The lowest BCUT2D eigenvalue weighted by atomic mass is 9.96. The molecule has 0 spiro atoms. The van der Waals surface area contributed by atoms with Crippen LogP contribution < -0.4 is 5.32 Å². The molecule has 1 aromatic rings. The summed E-state index contributed by atoms with van der Waals surface area (Å²) in [5.74, 6) is 0. The fourth-order valence-corrected chi connectivity index (χ4v) is 1.83. The molecular weight excluding hydrogens is 270 g/mol. The molecule has 1 rings (SSSR count). The first-order valence-electron chi connectivity index (χ1n) is 5.19. The molecule has 0 saturated carbocycles. The summed E-state index contributed by atoms with van der Waals surface area (Å²) in [5.41, 5.74) is 0.463. The van der Waals surface area contributed by atoms with Gasteiger partial charge in [0, 0.05) is 17.3 Å². The zero-order valence-electron chi connectivity index (χ0n) is 9.83. The summed E-state index contributed by atoms with van der Waals surface area (Å²) in [7, 11) is 1.64. The van der Waals surface area contributed by atoms with E-state index in [9.17, 15) is 5.11 Å². The SMILES string of the molecule is COC(C)C(C)(CO)Nc1cccc(Br)c1. The van der Waals surface area contributed by atoms with E-state index in [0.717, 1.165) is 10.2 Å². The molecule has 0 heterocycles. The van der Waals surface area contributed by atoms with Crippen molar-refractivity contribution in [2.45, 2.75) is 25.5 Å². The van der Waals surface area contributed by atoms with Crippen LogP contribution in [0.1, 0.15) is 13.8 Å². The molecule has 0 amide bonds. The highest BCUT2D eigenvalue weighted by molar-refractivity contribution is 9.10. The van der Waals surface area contributed by atoms with E-state index in [4.69, 9.17) is 4.74 Å². The van der Waals surface area contributed by atoms with Gasteiger partial charge in [-0.05, 0) is 32.0 Å². The molecule has 0 aliphatic carbocycles. The van der Waals surface area contributed by atoms with Gasteiger partial charge in [-0.1, -0.05) is 22.0 Å². The van der Waals surface area contributed by atoms with Gasteiger partial charge in [-0.15, -0.1) is 0 Å². The van der Waals surface area contributed by atoms with E-state index >= 15 is 0 Å². The van der Waals surface area contributed by atoms with Crippen molar-refractivity contribution in [1.82, 2.24) is 0 Å². The summed E-state index contributed by atoms with van der Waals surface area (Å²) in [4.78, 5) is 0. The maximum absolute atomic E-state index is 9.46. The normalized spacial score (nSPS) is 16.6. The van der Waals surface area contributed by atoms with Crippen molar-refractivity contribution in [3.8, 4) is 0 Å². The molecule has 0 radical (unpaired) electrons. The number of hydrogen-bond acceptors (Lipinski definition) is 3. The van der Waals surface area contributed by atoms with E-state index in [1.54, 1.807) is 7.11 Å². The number of nitrogens with one attached hydrogen (secondary N) is 1. The number of halogens is 1. The molecular formula is C12H18BrNO2. The van der Waals surface area contributed by atoms with Gasteiger partial charge in [0.1, 0.15) is 0 Å². The highest BCUT2D eigenvalue weighted by Gasteiger charge is 2.30. The van der Waals surface area contributed by atoms with E-state index in [0.29, 0.717) is 0 Å². The van der Waals surface area contributed by atoms with Crippen molar-refractivity contribution in [3.63, 3.8) is 0 Å². The smallest absolute Gasteiger partial charge is 0.0834 e. The third-order valence-electron chi connectivity index (χ3n) is 2.83. The Bertz CT molecular complexity index is 346. The van der Waals surface area contributed by atoms with Crippen molar-refractivity contribution in [3.05, 3.63) is 28.7 Å². The molecule has 0 fully saturated rings. The van der Waals surface area contributed by atoms with Gasteiger partial charge in [0.2, 0.25) is 0 Å². The van der Waals surface area contributed by atoms with Crippen molar-refractivity contribution in [2.24, 2.45) is 0 Å². The second-order valence-corrected chi connectivity index (χ2v) is 5.00. The van der Waals surface area contributed by atoms with Crippen LogP contribution in [0.2, 0.25) is 0 Å². The zero-order chi connectivity index (χ0) is 12.2. The Kier molecular flexibility index (Phi) is 4.77. The lowest BCUT2D eigenvalue weighted by Gasteiger charge is -2.35. The number of aliphatic hydroxyl groups is 1. The molecule has 2 unspecified atom stereocenters. The van der Waals surface area contributed by atoms with Crippen LogP contribution in [0, 0.1) is 0 Å². The lowest BCUT2D eigenvalue weighted by molar-refractivity contribution is 0.0380. The van der Waals surface area contributed by atoms with Crippen LogP contribution in [-0.4, -0.2) is 30.5 Å². The van der Waals surface area contributed by atoms with E-state index in [1.165, 1.54) is 0 Å². The van der Waals surface area contributed by atoms with Gasteiger partial charge in [0.15, 0.2) is 0 Å². The summed E-state index contributed by atoms with van der Waals surface area (Å²) in [6.45, 7) is 3.87. The molecule has 0 aliphatic heterocycles. The Hall–Kier alpha value is -0.580. The number of aliphatic hydroxyl groups excluding tert-OH is 1. The van der Waals surface area contributed by atoms with Gasteiger partial charge in [-0.25, -0.2) is 0 Å². The predicted octanol–water partition coefficient (Wildman–Crippen LogP) is 2.65. The molecule has 16 heavy (non-hydrogen) atoms. The average Bonchev–Trinajstić information content (AvgIpc) is 2.27. The van der Waals surface area contributed by atoms with Gasteiger partial charge < -0.3 is 15.2 Å². The zero-order valence-corrected chi connectivity index (χ0v) is 11.4. The molecule has 2 N–H and O–H groups in total. The van der Waals surface area contributed by atoms with Gasteiger partial charge in [-0.3, -0.25) is 0 Å². The van der Waals surface area contributed by atoms with Crippen LogP contribution in [0.15, 0.2) is 28.7 Å². The van der Waals surface area contributed by atoms with Crippen LogP contribution >= 0.6 is 15.9 Å². The number of hydrogen-bond donors (Lipinski definition) is 2. The molecule has 0 bridgehead atoms. The van der Waals surface area contributed by atoms with Crippen molar-refractivity contribution >= 4 is 21.6 Å². The monoisotopic (exact) mass is 287 g/mol. The minimum absolute atomic E-state index is 0.00845. The molecule has 1 aromatic carbocycles. The molecule has 0 aliphatic rings. The first-order chi connectivity index (χ1) is 7.51. The Morgan fingerprint density at radius 2 is 2.25 bits per heavy atom. The molecule has 4 heteroatoms. The largest absolute Gasteiger partial charge is 0.394 e. The minimum Gasteiger partial charge on any atom is -0.394 e. The van der Waals surface area contributed by atoms with E-state index in [1.807, 2.05) is 38.1 Å². The van der Waals surface area contributed by atoms with Crippen LogP contribution in [0.3, 0.4) is 0 Å². The number of ether oxygens (including phenoxy) is 1. The van der Waals surface area contributed by atoms with Crippen molar-refractivity contribution in [1.29, 1.82) is 0 Å². The van der Waals surface area contributed by atoms with Crippen LogP contribution in [0.5, 0.6) is 0 Å². The van der Waals surface area contributed by atoms with E-state index in [2.05, 4.69) is 21.2 Å². The van der Waals surface area contributed by atoms with Crippen LogP contribution in [-0.2, 0) is 4.74 Å². The van der Waals surface area contributed by atoms with Crippen molar-refractivity contribution in [2.75, 3.05) is 19.0 Å². The minimum atomic E-state index is -0.491. The maximum atomic E-state index is 9.46. The summed E-state index contributed by atoms with van der Waals surface area (Å²) in [5, 5.41) is 12.8. The summed E-state index contributed by atoms with van der Waals surface area (Å²) < 4.78 is 6.28. The lowest BCUT2D eigenvalue weighted by Crippen LogP contribution is -2.49. The predicted molar refractivity (Wildman–Crippen MR) is 69.7 cm³/mol. The average molecular weight is 288 g/mol. The molecule has 0 aromatic heterocycles. The number of methoxy groups -OCH3 is 1. The van der Waals surface area contributed by atoms with Gasteiger partial charge >= 0.3 is 0 Å². The van der Waals surface area contributed by atoms with Crippen LogP contribution in [0.25, 0.3) is 0 Å². The molecule has 0 saturated heterocycles. The first kappa shape index (κ1) is 13.5. The van der Waals surface area contributed by atoms with Crippen molar-refractivity contribution < 1.29 is 9.84 Å². The third kappa shape index (κ3) is 3.20.